The van der Waals surface area contributed by atoms with Crippen molar-refractivity contribution < 1.29 is 32.4 Å². The molecule has 3 rings (SSSR count). The second-order valence-electron chi connectivity index (χ2n) is 6.43. The first-order valence-electron chi connectivity index (χ1n) is 8.99. The van der Waals surface area contributed by atoms with Crippen molar-refractivity contribution in [1.29, 1.82) is 0 Å². The van der Waals surface area contributed by atoms with E-state index in [0.29, 0.717) is 5.16 Å². The molecule has 1 amide bonds. The summed E-state index contributed by atoms with van der Waals surface area (Å²) < 4.78 is 45.4. The molecule has 0 spiro atoms. The zero-order chi connectivity index (χ0) is 24.2. The van der Waals surface area contributed by atoms with Crippen LogP contribution >= 0.6 is 11.8 Å². The van der Waals surface area contributed by atoms with Gasteiger partial charge in [0, 0.05) is 13.1 Å². The van der Waals surface area contributed by atoms with E-state index in [2.05, 4.69) is 10.2 Å². The highest BCUT2D eigenvalue weighted by Crippen LogP contribution is 2.35. The summed E-state index contributed by atoms with van der Waals surface area (Å²) in [6.45, 7) is -0.895. The van der Waals surface area contributed by atoms with Crippen molar-refractivity contribution in [2.45, 2.75) is 16.2 Å². The van der Waals surface area contributed by atoms with Crippen LogP contribution < -0.4 is 5.32 Å². The molecule has 0 aliphatic rings. The Morgan fingerprint density at radius 3 is 2.61 bits per heavy atom. The van der Waals surface area contributed by atoms with Crippen LogP contribution in [0.2, 0.25) is 0 Å². The smallest absolute Gasteiger partial charge is 0.418 e. The van der Waals surface area contributed by atoms with Crippen LogP contribution in [0.4, 0.5) is 24.5 Å². The third kappa shape index (κ3) is 5.85. The largest absolute Gasteiger partial charge is 0.452 e. The van der Waals surface area contributed by atoms with E-state index in [1.165, 1.54) is 24.5 Å². The fourth-order valence-corrected chi connectivity index (χ4v) is 3.43. The van der Waals surface area contributed by atoms with Gasteiger partial charge in [-0.05, 0) is 36.0 Å². The molecule has 0 atom stereocenters. The number of hydrogen-bond donors (Lipinski definition) is 1. The van der Waals surface area contributed by atoms with E-state index in [1.807, 2.05) is 5.32 Å². The van der Waals surface area contributed by atoms with Gasteiger partial charge in [0.15, 0.2) is 11.8 Å². The Morgan fingerprint density at radius 1 is 1.24 bits per heavy atom. The molecular weight excluding hydrogens is 467 g/mol. The van der Waals surface area contributed by atoms with Gasteiger partial charge < -0.3 is 14.6 Å². The van der Waals surface area contributed by atoms with Crippen LogP contribution in [0, 0.1) is 10.1 Å². The first-order valence-corrected chi connectivity index (χ1v) is 9.81. The van der Waals surface area contributed by atoms with Crippen LogP contribution in [-0.4, -0.2) is 38.2 Å². The summed E-state index contributed by atoms with van der Waals surface area (Å²) in [5, 5.41) is 21.3. The number of nitro benzene ring substituents is 1. The van der Waals surface area contributed by atoms with Crippen molar-refractivity contribution in [3.05, 3.63) is 70.0 Å². The number of benzene rings is 2. The topological polar surface area (TPSA) is 129 Å². The number of esters is 1. The predicted molar refractivity (Wildman–Crippen MR) is 109 cm³/mol. The molecule has 1 heterocycles. The summed E-state index contributed by atoms with van der Waals surface area (Å²) in [6, 6.07) is 7.85. The highest BCUT2D eigenvalue weighted by atomic mass is 32.2. The van der Waals surface area contributed by atoms with Crippen molar-refractivity contribution in [3.8, 4) is 0 Å². The van der Waals surface area contributed by atoms with Crippen molar-refractivity contribution in [1.82, 2.24) is 14.8 Å². The lowest BCUT2D eigenvalue weighted by Crippen LogP contribution is -2.22. The maximum Gasteiger partial charge on any atom is 0.418 e. The number of nitrogens with one attached hydrogen (secondary N) is 1. The van der Waals surface area contributed by atoms with E-state index in [-0.39, 0.29) is 10.5 Å². The minimum atomic E-state index is -4.69. The molecule has 1 aromatic heterocycles. The SMILES string of the molecule is Cn1cnnc1Sc1ccc(C(=O)OCC(=O)Nc2ccccc2C(F)(F)F)cc1[N+](=O)[O-]. The highest BCUT2D eigenvalue weighted by Gasteiger charge is 2.33. The fraction of sp³-hybridized carbons (Fsp3) is 0.158. The molecule has 0 fully saturated rings. The van der Waals surface area contributed by atoms with E-state index in [4.69, 9.17) is 4.74 Å². The van der Waals surface area contributed by atoms with E-state index in [0.717, 1.165) is 36.0 Å². The van der Waals surface area contributed by atoms with Gasteiger partial charge in [0.25, 0.3) is 11.6 Å². The number of carbonyl (C=O) groups is 2. The van der Waals surface area contributed by atoms with Crippen LogP contribution in [0.15, 0.2) is 58.8 Å². The first-order chi connectivity index (χ1) is 15.6. The Hall–Kier alpha value is -3.94. The average molecular weight is 481 g/mol. The third-order valence-corrected chi connectivity index (χ3v) is 5.22. The number of hydrogen-bond acceptors (Lipinski definition) is 8. The molecule has 14 heteroatoms. The van der Waals surface area contributed by atoms with Gasteiger partial charge in [-0.15, -0.1) is 10.2 Å². The van der Waals surface area contributed by atoms with Crippen LogP contribution in [0.3, 0.4) is 0 Å². The van der Waals surface area contributed by atoms with Crippen LogP contribution in [0.1, 0.15) is 15.9 Å². The molecule has 172 valence electrons. The van der Waals surface area contributed by atoms with Crippen molar-refractivity contribution in [3.63, 3.8) is 0 Å². The molecule has 0 unspecified atom stereocenters. The summed E-state index contributed by atoms with van der Waals surface area (Å²) >= 11 is 0.959. The van der Waals surface area contributed by atoms with Gasteiger partial charge in [-0.2, -0.15) is 13.2 Å². The number of halogens is 3. The maximum absolute atomic E-state index is 13.0. The van der Waals surface area contributed by atoms with Crippen LogP contribution in [0.5, 0.6) is 0 Å². The lowest BCUT2D eigenvalue weighted by atomic mass is 10.1. The fourth-order valence-electron chi connectivity index (χ4n) is 2.58. The second kappa shape index (κ2) is 9.68. The zero-order valence-corrected chi connectivity index (χ0v) is 17.5. The van der Waals surface area contributed by atoms with Gasteiger partial charge in [0.1, 0.15) is 6.33 Å². The Morgan fingerprint density at radius 2 is 1.97 bits per heavy atom. The molecule has 0 aliphatic heterocycles. The number of aromatic nitrogens is 3. The van der Waals surface area contributed by atoms with Gasteiger partial charge in [-0.1, -0.05) is 12.1 Å². The average Bonchev–Trinajstić information content (AvgIpc) is 3.16. The van der Waals surface area contributed by atoms with Gasteiger partial charge in [-0.25, -0.2) is 4.79 Å². The summed E-state index contributed by atoms with van der Waals surface area (Å²) in [5.74, 6) is -2.07. The van der Waals surface area contributed by atoms with E-state index < -0.39 is 46.5 Å². The quantitative estimate of drug-likeness (QED) is 0.307. The van der Waals surface area contributed by atoms with Gasteiger partial charge in [0.05, 0.1) is 26.6 Å². The number of alkyl halides is 3. The predicted octanol–water partition coefficient (Wildman–Crippen LogP) is 3.69. The number of nitrogens with zero attached hydrogens (tertiary/aromatic N) is 4. The van der Waals surface area contributed by atoms with Gasteiger partial charge in [0.2, 0.25) is 0 Å². The van der Waals surface area contributed by atoms with Gasteiger partial charge >= 0.3 is 12.1 Å². The van der Waals surface area contributed by atoms with E-state index in [1.54, 1.807) is 11.6 Å². The molecule has 0 saturated heterocycles. The molecule has 0 saturated carbocycles. The summed E-state index contributed by atoms with van der Waals surface area (Å²) in [4.78, 5) is 35.2. The number of carbonyl (C=O) groups excluding carboxylic acids is 2. The Kier molecular flexibility index (Phi) is 6.96. The molecule has 2 aromatic carbocycles. The molecule has 33 heavy (non-hydrogen) atoms. The number of anilines is 1. The minimum absolute atomic E-state index is 0.189. The number of amides is 1. The number of rotatable bonds is 7. The summed E-state index contributed by atoms with van der Waals surface area (Å²) in [7, 11) is 1.65. The molecule has 0 bridgehead atoms. The van der Waals surface area contributed by atoms with Crippen molar-refractivity contribution in [2.24, 2.45) is 7.05 Å². The summed E-state index contributed by atoms with van der Waals surface area (Å²) in [5.41, 5.74) is -2.17. The Labute approximate surface area is 187 Å². The summed E-state index contributed by atoms with van der Waals surface area (Å²) in [6.07, 6.45) is -3.28. The Balaban J connectivity index is 1.68. The molecule has 10 nitrogen and oxygen atoms in total. The molecule has 0 aliphatic carbocycles. The maximum atomic E-state index is 13.0. The standard InChI is InChI=1S/C19H14F3N5O5S/c1-26-10-23-25-18(26)33-15-7-6-11(8-14(15)27(30)31)17(29)32-9-16(28)24-13-5-3-2-4-12(13)19(20,21)22/h2-8,10H,9H2,1H3,(H,24,28). The molecule has 1 N–H and O–H groups in total. The van der Waals surface area contributed by atoms with E-state index >= 15 is 0 Å². The number of ether oxygens (including phenoxy) is 1. The number of para-hydroxylation sites is 1. The van der Waals surface area contributed by atoms with Crippen molar-refractivity contribution >= 4 is 35.0 Å². The molecule has 3 aromatic rings. The zero-order valence-electron chi connectivity index (χ0n) is 16.7. The number of nitro groups is 1. The highest BCUT2D eigenvalue weighted by molar-refractivity contribution is 7.99. The van der Waals surface area contributed by atoms with E-state index in [9.17, 15) is 32.9 Å². The second-order valence-corrected chi connectivity index (χ2v) is 7.44. The monoisotopic (exact) mass is 481 g/mol. The van der Waals surface area contributed by atoms with Gasteiger partial charge in [-0.3, -0.25) is 14.9 Å². The third-order valence-electron chi connectivity index (χ3n) is 4.10. The lowest BCUT2D eigenvalue weighted by Gasteiger charge is -2.13. The first kappa shape index (κ1) is 23.7. The minimum Gasteiger partial charge on any atom is -0.452 e. The normalized spacial score (nSPS) is 11.2. The molecular formula is C19H14F3N5O5S. The molecule has 0 radical (unpaired) electrons. The van der Waals surface area contributed by atoms with Crippen molar-refractivity contribution in [2.75, 3.05) is 11.9 Å². The number of aryl methyl sites for hydroxylation is 1. The van der Waals surface area contributed by atoms with Crippen LogP contribution in [0.25, 0.3) is 0 Å². The van der Waals surface area contributed by atoms with Crippen LogP contribution in [-0.2, 0) is 22.8 Å². The Bertz CT molecular complexity index is 1210. The lowest BCUT2D eigenvalue weighted by molar-refractivity contribution is -0.387.